The molecule has 3 N–H and O–H groups in total. The molecule has 5 heteroatoms. The highest BCUT2D eigenvalue weighted by molar-refractivity contribution is 5.63. The molecule has 2 rings (SSSR count). The van der Waals surface area contributed by atoms with Crippen molar-refractivity contribution in [2.75, 3.05) is 24.2 Å². The van der Waals surface area contributed by atoms with Gasteiger partial charge in [-0.15, -0.1) is 0 Å². The first-order valence-corrected chi connectivity index (χ1v) is 5.80. The van der Waals surface area contributed by atoms with E-state index in [1.165, 1.54) is 12.6 Å². The summed E-state index contributed by atoms with van der Waals surface area (Å²) in [7, 11) is 0. The van der Waals surface area contributed by atoms with E-state index in [1.807, 2.05) is 6.07 Å². The summed E-state index contributed by atoms with van der Waals surface area (Å²) in [5, 5.41) is 11.9. The highest BCUT2D eigenvalue weighted by Gasteiger charge is 2.14. The predicted molar refractivity (Wildman–Crippen MR) is 65.4 cm³/mol. The number of nitrogen functional groups attached to an aromatic ring is 1. The molecule has 0 aromatic carbocycles. The van der Waals surface area contributed by atoms with Crippen LogP contribution in [0.15, 0.2) is 12.3 Å². The minimum Gasteiger partial charge on any atom is -0.396 e. The fourth-order valence-corrected chi connectivity index (χ4v) is 1.87. The molecule has 1 saturated heterocycles. The van der Waals surface area contributed by atoms with Crippen LogP contribution >= 0.6 is 0 Å². The summed E-state index contributed by atoms with van der Waals surface area (Å²) >= 11 is 0. The summed E-state index contributed by atoms with van der Waals surface area (Å²) in [5.74, 6) is 0.623. The van der Waals surface area contributed by atoms with Crippen LogP contribution in [0, 0.1) is 11.3 Å². The van der Waals surface area contributed by atoms with Gasteiger partial charge in [0.25, 0.3) is 0 Å². The fourth-order valence-electron chi connectivity index (χ4n) is 1.87. The van der Waals surface area contributed by atoms with E-state index in [4.69, 9.17) is 15.7 Å². The first kappa shape index (κ1) is 11.7. The van der Waals surface area contributed by atoms with Crippen LogP contribution < -0.4 is 11.1 Å². The number of nitrogens with zero attached hydrogens (tertiary/aromatic N) is 2. The number of ether oxygens (including phenoxy) is 1. The van der Waals surface area contributed by atoms with Crippen molar-refractivity contribution >= 4 is 11.5 Å². The summed E-state index contributed by atoms with van der Waals surface area (Å²) in [5.41, 5.74) is 6.77. The molecule has 0 aliphatic carbocycles. The van der Waals surface area contributed by atoms with Gasteiger partial charge in [-0.05, 0) is 25.3 Å². The van der Waals surface area contributed by atoms with E-state index in [0.717, 1.165) is 19.4 Å². The number of pyridine rings is 1. The number of nitrogens with one attached hydrogen (secondary N) is 1. The maximum atomic E-state index is 8.70. The number of hydrogen-bond acceptors (Lipinski definition) is 5. The quantitative estimate of drug-likeness (QED) is 0.825. The largest absolute Gasteiger partial charge is 0.396 e. The molecular weight excluding hydrogens is 216 g/mol. The Morgan fingerprint density at radius 1 is 1.59 bits per heavy atom. The zero-order chi connectivity index (χ0) is 12.1. The first-order valence-electron chi connectivity index (χ1n) is 5.80. The molecule has 0 bridgehead atoms. The molecule has 1 aliphatic rings. The molecular formula is C12H16N4O. The van der Waals surface area contributed by atoms with Gasteiger partial charge >= 0.3 is 0 Å². The van der Waals surface area contributed by atoms with Gasteiger partial charge in [0.15, 0.2) is 0 Å². The summed E-state index contributed by atoms with van der Waals surface area (Å²) in [4.78, 5) is 4.12. The van der Waals surface area contributed by atoms with E-state index in [-0.39, 0.29) is 6.10 Å². The number of hydrogen-bond donors (Lipinski definition) is 2. The molecule has 0 spiro atoms. The Kier molecular flexibility index (Phi) is 3.78. The van der Waals surface area contributed by atoms with Crippen molar-refractivity contribution < 1.29 is 4.74 Å². The second-order valence-corrected chi connectivity index (χ2v) is 4.14. The van der Waals surface area contributed by atoms with Gasteiger partial charge in [-0.1, -0.05) is 0 Å². The van der Waals surface area contributed by atoms with Gasteiger partial charge in [-0.3, -0.25) is 0 Å². The van der Waals surface area contributed by atoms with Crippen molar-refractivity contribution in [2.24, 2.45) is 0 Å². The van der Waals surface area contributed by atoms with Crippen LogP contribution in [-0.2, 0) is 4.74 Å². The van der Waals surface area contributed by atoms with E-state index < -0.39 is 0 Å². The third-order valence-corrected chi connectivity index (χ3v) is 2.82. The Morgan fingerprint density at radius 3 is 3.12 bits per heavy atom. The van der Waals surface area contributed by atoms with Crippen molar-refractivity contribution in [1.82, 2.24) is 4.98 Å². The predicted octanol–water partition coefficient (Wildman–Crippen LogP) is 1.52. The van der Waals surface area contributed by atoms with E-state index >= 15 is 0 Å². The highest BCUT2D eigenvalue weighted by Crippen LogP contribution is 2.18. The standard InChI is InChI=1S/C12H16N4O/c13-6-9-5-11(14)12(15-7-9)16-8-10-3-1-2-4-17-10/h5,7,10H,1-4,8,14H2,(H,15,16). The third kappa shape index (κ3) is 3.08. The van der Waals surface area contributed by atoms with Gasteiger partial charge < -0.3 is 15.8 Å². The van der Waals surface area contributed by atoms with Gasteiger partial charge in [-0.2, -0.15) is 5.26 Å². The number of nitriles is 1. The van der Waals surface area contributed by atoms with Crippen molar-refractivity contribution in [3.63, 3.8) is 0 Å². The van der Waals surface area contributed by atoms with Crippen molar-refractivity contribution in [3.8, 4) is 6.07 Å². The van der Waals surface area contributed by atoms with Crippen molar-refractivity contribution in [2.45, 2.75) is 25.4 Å². The Balaban J connectivity index is 1.92. The molecule has 17 heavy (non-hydrogen) atoms. The lowest BCUT2D eigenvalue weighted by atomic mass is 10.1. The molecule has 90 valence electrons. The molecule has 0 radical (unpaired) electrons. The van der Waals surface area contributed by atoms with Crippen LogP contribution in [0.3, 0.4) is 0 Å². The smallest absolute Gasteiger partial charge is 0.149 e. The number of nitrogens with two attached hydrogens (primary N) is 1. The average molecular weight is 232 g/mol. The Bertz CT molecular complexity index is 421. The van der Waals surface area contributed by atoms with E-state index in [2.05, 4.69) is 10.3 Å². The van der Waals surface area contributed by atoms with Gasteiger partial charge in [0, 0.05) is 19.3 Å². The molecule has 1 atom stereocenters. The van der Waals surface area contributed by atoms with Crippen LogP contribution in [0.25, 0.3) is 0 Å². The van der Waals surface area contributed by atoms with Crippen LogP contribution in [0.2, 0.25) is 0 Å². The van der Waals surface area contributed by atoms with Crippen LogP contribution in [0.1, 0.15) is 24.8 Å². The molecule has 5 nitrogen and oxygen atoms in total. The fraction of sp³-hybridized carbons (Fsp3) is 0.500. The zero-order valence-corrected chi connectivity index (χ0v) is 9.65. The number of rotatable bonds is 3. The lowest BCUT2D eigenvalue weighted by Crippen LogP contribution is -2.27. The van der Waals surface area contributed by atoms with Crippen LogP contribution in [0.4, 0.5) is 11.5 Å². The first-order chi connectivity index (χ1) is 8.29. The zero-order valence-electron chi connectivity index (χ0n) is 9.65. The van der Waals surface area contributed by atoms with Crippen molar-refractivity contribution in [3.05, 3.63) is 17.8 Å². The summed E-state index contributed by atoms with van der Waals surface area (Å²) in [6.07, 6.45) is 5.18. The molecule has 0 amide bonds. The molecule has 1 unspecified atom stereocenters. The Labute approximate surface area is 101 Å². The summed E-state index contributed by atoms with van der Waals surface area (Å²) in [6.45, 7) is 1.55. The van der Waals surface area contributed by atoms with Gasteiger partial charge in [0.2, 0.25) is 0 Å². The van der Waals surface area contributed by atoms with Gasteiger partial charge in [0.05, 0.1) is 17.4 Å². The normalized spacial score (nSPS) is 19.6. The van der Waals surface area contributed by atoms with Gasteiger partial charge in [-0.25, -0.2) is 4.98 Å². The van der Waals surface area contributed by atoms with Crippen molar-refractivity contribution in [1.29, 1.82) is 5.26 Å². The minimum atomic E-state index is 0.237. The van der Waals surface area contributed by atoms with Crippen LogP contribution in [-0.4, -0.2) is 24.2 Å². The molecule has 1 fully saturated rings. The minimum absolute atomic E-state index is 0.237. The second-order valence-electron chi connectivity index (χ2n) is 4.14. The molecule has 2 heterocycles. The van der Waals surface area contributed by atoms with E-state index in [9.17, 15) is 0 Å². The molecule has 1 aromatic heterocycles. The third-order valence-electron chi connectivity index (χ3n) is 2.82. The van der Waals surface area contributed by atoms with Crippen LogP contribution in [0.5, 0.6) is 0 Å². The Morgan fingerprint density at radius 2 is 2.47 bits per heavy atom. The molecule has 1 aromatic rings. The lowest BCUT2D eigenvalue weighted by Gasteiger charge is -2.23. The maximum absolute atomic E-state index is 8.70. The lowest BCUT2D eigenvalue weighted by molar-refractivity contribution is 0.0247. The SMILES string of the molecule is N#Cc1cnc(NCC2CCCCO2)c(N)c1. The highest BCUT2D eigenvalue weighted by atomic mass is 16.5. The Hall–Kier alpha value is -1.80. The molecule has 0 saturated carbocycles. The number of anilines is 2. The topological polar surface area (TPSA) is 84.0 Å². The molecule has 1 aliphatic heterocycles. The maximum Gasteiger partial charge on any atom is 0.149 e. The summed E-state index contributed by atoms with van der Waals surface area (Å²) < 4.78 is 5.60. The van der Waals surface area contributed by atoms with E-state index in [1.54, 1.807) is 6.07 Å². The number of aromatic nitrogens is 1. The van der Waals surface area contributed by atoms with E-state index in [0.29, 0.717) is 23.6 Å². The average Bonchev–Trinajstić information content (AvgIpc) is 2.38. The monoisotopic (exact) mass is 232 g/mol. The summed E-state index contributed by atoms with van der Waals surface area (Å²) in [6, 6.07) is 3.63. The second kappa shape index (κ2) is 5.51. The van der Waals surface area contributed by atoms with Gasteiger partial charge in [0.1, 0.15) is 11.9 Å².